The van der Waals surface area contributed by atoms with Crippen LogP contribution in [-0.4, -0.2) is 29.4 Å². The smallest absolute Gasteiger partial charge is 0.252 e. The van der Waals surface area contributed by atoms with Crippen LogP contribution in [0.4, 0.5) is 0 Å². The first kappa shape index (κ1) is 15.2. The van der Waals surface area contributed by atoms with Gasteiger partial charge in [-0.25, -0.2) is 4.74 Å². The fourth-order valence-electron chi connectivity index (χ4n) is 3.22. The first-order valence-corrected chi connectivity index (χ1v) is 8.19. The van der Waals surface area contributed by atoms with E-state index >= 15 is 0 Å². The summed E-state index contributed by atoms with van der Waals surface area (Å²) in [5, 5.41) is 16.7. The molecule has 1 N–H and O–H groups in total. The second-order valence-corrected chi connectivity index (χ2v) is 6.56. The standard InChI is InChI=1S/C18H12Cl2N2O2/c19-11-5-6-12-14(7-11)17(13-3-1-2-4-15(13)20)22(24)9-10-8-21-18(23)16(10)12/h1-7H,8-9H2,(H,21,23). The Morgan fingerprint density at radius 3 is 2.62 bits per heavy atom. The molecular formula is C18H12Cl2N2O2. The van der Waals surface area contributed by atoms with Crippen molar-refractivity contribution in [1.29, 1.82) is 0 Å². The molecule has 6 heteroatoms. The molecule has 0 saturated heterocycles. The molecule has 0 unspecified atom stereocenters. The van der Waals surface area contributed by atoms with Crippen LogP contribution in [-0.2, 0) is 4.79 Å². The lowest BCUT2D eigenvalue weighted by Gasteiger charge is -2.13. The maximum atomic E-state index is 12.9. The summed E-state index contributed by atoms with van der Waals surface area (Å²) in [6.45, 7) is 0.492. The topological polar surface area (TPSA) is 55.2 Å². The number of benzene rings is 2. The SMILES string of the molecule is O=C1NCC2=C1c1ccc(Cl)cc1C(c1ccccc1Cl)=[N+]([O-])C2. The van der Waals surface area contributed by atoms with Crippen molar-refractivity contribution >= 4 is 40.4 Å². The van der Waals surface area contributed by atoms with Gasteiger partial charge in [-0.15, -0.1) is 0 Å². The van der Waals surface area contributed by atoms with E-state index in [1.165, 1.54) is 0 Å². The maximum Gasteiger partial charge on any atom is 0.252 e. The lowest BCUT2D eigenvalue weighted by molar-refractivity contribution is -0.446. The molecule has 120 valence electrons. The van der Waals surface area contributed by atoms with E-state index in [0.29, 0.717) is 44.6 Å². The van der Waals surface area contributed by atoms with Crippen molar-refractivity contribution in [2.24, 2.45) is 0 Å². The van der Waals surface area contributed by atoms with Crippen LogP contribution >= 0.6 is 23.2 Å². The van der Waals surface area contributed by atoms with E-state index in [2.05, 4.69) is 5.32 Å². The summed E-state index contributed by atoms with van der Waals surface area (Å²) in [5.74, 6) is -0.164. The van der Waals surface area contributed by atoms with Gasteiger partial charge in [0.05, 0.1) is 21.7 Å². The summed E-state index contributed by atoms with van der Waals surface area (Å²) in [4.78, 5) is 12.3. The molecule has 0 atom stereocenters. The zero-order valence-corrected chi connectivity index (χ0v) is 14.0. The molecular weight excluding hydrogens is 347 g/mol. The fourth-order valence-corrected chi connectivity index (χ4v) is 3.62. The number of hydroxylamine groups is 1. The normalized spacial score (nSPS) is 16.7. The molecule has 1 amide bonds. The molecule has 0 aromatic heterocycles. The number of rotatable bonds is 1. The minimum absolute atomic E-state index is 0.112. The number of nitrogens with zero attached hydrogens (tertiary/aromatic N) is 1. The van der Waals surface area contributed by atoms with Crippen LogP contribution in [0.5, 0.6) is 0 Å². The highest BCUT2D eigenvalue weighted by Crippen LogP contribution is 2.33. The lowest BCUT2D eigenvalue weighted by atomic mass is 9.92. The average Bonchev–Trinajstić information content (AvgIpc) is 2.85. The van der Waals surface area contributed by atoms with Crippen LogP contribution in [0.1, 0.15) is 16.7 Å². The Morgan fingerprint density at radius 2 is 1.83 bits per heavy atom. The molecule has 2 heterocycles. The van der Waals surface area contributed by atoms with E-state index in [1.807, 2.05) is 12.1 Å². The molecule has 2 aromatic rings. The molecule has 4 rings (SSSR count). The van der Waals surface area contributed by atoms with Crippen molar-refractivity contribution in [1.82, 2.24) is 5.32 Å². The first-order valence-electron chi connectivity index (χ1n) is 7.43. The van der Waals surface area contributed by atoms with Gasteiger partial charge in [0.25, 0.3) is 5.91 Å². The van der Waals surface area contributed by atoms with E-state index in [0.717, 1.165) is 10.3 Å². The van der Waals surface area contributed by atoms with Crippen LogP contribution in [0.3, 0.4) is 0 Å². The Bertz CT molecular complexity index is 948. The van der Waals surface area contributed by atoms with Gasteiger partial charge in [-0.05, 0) is 24.3 Å². The van der Waals surface area contributed by atoms with Crippen LogP contribution < -0.4 is 5.32 Å². The number of halogens is 2. The van der Waals surface area contributed by atoms with Gasteiger partial charge < -0.3 is 10.5 Å². The lowest BCUT2D eigenvalue weighted by Crippen LogP contribution is -2.24. The van der Waals surface area contributed by atoms with Crippen molar-refractivity contribution < 1.29 is 9.53 Å². The highest BCUT2D eigenvalue weighted by atomic mass is 35.5. The summed E-state index contributed by atoms with van der Waals surface area (Å²) >= 11 is 12.5. The molecule has 24 heavy (non-hydrogen) atoms. The Hall–Kier alpha value is -2.30. The maximum absolute atomic E-state index is 12.9. The van der Waals surface area contributed by atoms with E-state index in [-0.39, 0.29) is 12.5 Å². The predicted molar refractivity (Wildman–Crippen MR) is 94.5 cm³/mol. The molecule has 0 fully saturated rings. The summed E-state index contributed by atoms with van der Waals surface area (Å²) in [7, 11) is 0. The third-order valence-electron chi connectivity index (χ3n) is 4.26. The fraction of sp³-hybridized carbons (Fsp3) is 0.111. The van der Waals surface area contributed by atoms with Crippen LogP contribution in [0.25, 0.3) is 5.57 Å². The number of fused-ring (bicyclic) bond motifs is 2. The van der Waals surface area contributed by atoms with E-state index in [1.54, 1.807) is 30.3 Å². The van der Waals surface area contributed by atoms with E-state index in [4.69, 9.17) is 23.2 Å². The van der Waals surface area contributed by atoms with Crippen molar-refractivity contribution in [3.8, 4) is 0 Å². The number of amides is 1. The second kappa shape index (κ2) is 5.65. The van der Waals surface area contributed by atoms with Gasteiger partial charge in [-0.2, -0.15) is 0 Å². The van der Waals surface area contributed by atoms with Crippen LogP contribution in [0, 0.1) is 5.21 Å². The van der Waals surface area contributed by atoms with Crippen molar-refractivity contribution in [3.63, 3.8) is 0 Å². The molecule has 2 aliphatic rings. The minimum atomic E-state index is -0.164. The number of carbonyl (C=O) groups is 1. The first-order chi connectivity index (χ1) is 11.6. The van der Waals surface area contributed by atoms with Gasteiger partial charge in [-0.1, -0.05) is 41.4 Å². The molecule has 0 spiro atoms. The van der Waals surface area contributed by atoms with Gasteiger partial charge in [-0.3, -0.25) is 4.79 Å². The third-order valence-corrected chi connectivity index (χ3v) is 4.83. The quantitative estimate of drug-likeness (QED) is 0.628. The summed E-state index contributed by atoms with van der Waals surface area (Å²) < 4.78 is 0.888. The van der Waals surface area contributed by atoms with Gasteiger partial charge in [0.15, 0.2) is 6.54 Å². The largest absolute Gasteiger partial charge is 0.623 e. The second-order valence-electron chi connectivity index (χ2n) is 5.72. The number of carbonyl (C=O) groups excluding carboxylic acids is 1. The highest BCUT2D eigenvalue weighted by molar-refractivity contribution is 6.36. The zero-order valence-electron chi connectivity index (χ0n) is 12.5. The molecule has 4 nitrogen and oxygen atoms in total. The van der Waals surface area contributed by atoms with Crippen molar-refractivity contribution in [2.75, 3.05) is 13.1 Å². The van der Waals surface area contributed by atoms with Crippen molar-refractivity contribution in [3.05, 3.63) is 80.0 Å². The molecule has 2 aromatic carbocycles. The number of hydrogen-bond donors (Lipinski definition) is 1. The monoisotopic (exact) mass is 358 g/mol. The highest BCUT2D eigenvalue weighted by Gasteiger charge is 2.34. The molecule has 0 radical (unpaired) electrons. The van der Waals surface area contributed by atoms with Gasteiger partial charge in [0, 0.05) is 22.7 Å². The summed E-state index contributed by atoms with van der Waals surface area (Å²) in [5.41, 5.74) is 3.72. The number of hydrogen-bond acceptors (Lipinski definition) is 2. The molecule has 0 saturated carbocycles. The van der Waals surface area contributed by atoms with E-state index in [9.17, 15) is 10.0 Å². The Balaban J connectivity index is 2.05. The van der Waals surface area contributed by atoms with Gasteiger partial charge in [0.2, 0.25) is 5.71 Å². The third kappa shape index (κ3) is 2.30. The Labute approximate surface area is 148 Å². The Kier molecular flexibility index (Phi) is 3.59. The van der Waals surface area contributed by atoms with Crippen molar-refractivity contribution in [2.45, 2.75) is 0 Å². The van der Waals surface area contributed by atoms with Crippen LogP contribution in [0.15, 0.2) is 48.0 Å². The summed E-state index contributed by atoms with van der Waals surface area (Å²) in [6.07, 6.45) is 0. The summed E-state index contributed by atoms with van der Waals surface area (Å²) in [6, 6.07) is 12.4. The van der Waals surface area contributed by atoms with Crippen LogP contribution in [0.2, 0.25) is 10.0 Å². The average molecular weight is 359 g/mol. The predicted octanol–water partition coefficient (Wildman–Crippen LogP) is 3.24. The van der Waals surface area contributed by atoms with Gasteiger partial charge >= 0.3 is 0 Å². The van der Waals surface area contributed by atoms with Gasteiger partial charge in [0.1, 0.15) is 0 Å². The molecule has 0 bridgehead atoms. The van der Waals surface area contributed by atoms with E-state index < -0.39 is 0 Å². The zero-order chi connectivity index (χ0) is 16.8. The molecule has 2 aliphatic heterocycles. The Morgan fingerprint density at radius 1 is 1.04 bits per heavy atom. The minimum Gasteiger partial charge on any atom is -0.623 e. The number of nitrogens with one attached hydrogen (secondary N) is 1. The molecule has 0 aliphatic carbocycles.